The summed E-state index contributed by atoms with van der Waals surface area (Å²) in [5, 5.41) is 7.75. The lowest BCUT2D eigenvalue weighted by molar-refractivity contribution is 0.531. The van der Waals surface area contributed by atoms with E-state index in [0.29, 0.717) is 5.88 Å². The van der Waals surface area contributed by atoms with Crippen LogP contribution in [-0.2, 0) is 12.4 Å². The topological polar surface area (TPSA) is 30.7 Å². The van der Waals surface area contributed by atoms with E-state index >= 15 is 0 Å². The lowest BCUT2D eigenvalue weighted by Crippen LogP contribution is -2.05. The first-order valence-corrected chi connectivity index (χ1v) is 4.37. The smallest absolute Gasteiger partial charge is 0.0737 e. The highest BCUT2D eigenvalue weighted by atomic mass is 35.5. The van der Waals surface area contributed by atoms with Crippen molar-refractivity contribution in [1.82, 2.24) is 15.0 Å². The van der Waals surface area contributed by atoms with Gasteiger partial charge in [0.05, 0.1) is 17.8 Å². The summed E-state index contributed by atoms with van der Waals surface area (Å²) in [6.45, 7) is 1.00. The molecule has 0 bridgehead atoms. The van der Waals surface area contributed by atoms with Crippen LogP contribution in [0.5, 0.6) is 0 Å². The van der Waals surface area contributed by atoms with Crippen LogP contribution in [0.2, 0.25) is 0 Å². The Hall–Kier alpha value is -0.570. The predicted octanol–water partition coefficient (Wildman–Crippen LogP) is 1.43. The minimum atomic E-state index is 0.514. The van der Waals surface area contributed by atoms with Crippen molar-refractivity contribution >= 4 is 11.6 Å². The molecule has 0 radical (unpaired) electrons. The molecule has 11 heavy (non-hydrogen) atoms. The van der Waals surface area contributed by atoms with Crippen LogP contribution in [0.15, 0.2) is 6.20 Å². The molecule has 0 spiro atoms. The van der Waals surface area contributed by atoms with Crippen molar-refractivity contribution < 1.29 is 0 Å². The number of halogens is 1. The molecule has 60 valence electrons. The van der Waals surface area contributed by atoms with Gasteiger partial charge in [0, 0.05) is 6.54 Å². The molecule has 0 atom stereocenters. The number of hydrogen-bond donors (Lipinski definition) is 0. The quantitative estimate of drug-likeness (QED) is 0.645. The molecular formula is C7H10ClN3. The van der Waals surface area contributed by atoms with Gasteiger partial charge in [0.2, 0.25) is 0 Å². The summed E-state index contributed by atoms with van der Waals surface area (Å²) >= 11 is 5.68. The third-order valence-electron chi connectivity index (χ3n) is 1.96. The highest BCUT2D eigenvalue weighted by molar-refractivity contribution is 6.16. The molecule has 3 nitrogen and oxygen atoms in total. The fraction of sp³-hybridized carbons (Fsp3) is 0.714. The lowest BCUT2D eigenvalue weighted by Gasteiger charge is -2.00. The van der Waals surface area contributed by atoms with E-state index in [2.05, 4.69) is 10.3 Å². The maximum Gasteiger partial charge on any atom is 0.0737 e. The van der Waals surface area contributed by atoms with Crippen LogP contribution in [0.3, 0.4) is 0 Å². The van der Waals surface area contributed by atoms with Crippen LogP contribution in [0.1, 0.15) is 18.5 Å². The van der Waals surface area contributed by atoms with Crippen LogP contribution < -0.4 is 0 Å². The highest BCUT2D eigenvalue weighted by Gasteiger charge is 2.22. The zero-order valence-electron chi connectivity index (χ0n) is 6.20. The number of hydrogen-bond acceptors (Lipinski definition) is 2. The van der Waals surface area contributed by atoms with Crippen LogP contribution in [0.25, 0.3) is 0 Å². The van der Waals surface area contributed by atoms with Crippen LogP contribution in [-0.4, -0.2) is 15.0 Å². The van der Waals surface area contributed by atoms with E-state index in [4.69, 9.17) is 11.6 Å². The zero-order valence-corrected chi connectivity index (χ0v) is 6.96. The molecule has 0 saturated heterocycles. The van der Waals surface area contributed by atoms with Crippen molar-refractivity contribution in [3.05, 3.63) is 11.9 Å². The van der Waals surface area contributed by atoms with Gasteiger partial charge in [-0.05, 0) is 18.8 Å². The molecule has 0 N–H and O–H groups in total. The Bertz CT molecular complexity index is 242. The molecule has 1 aliphatic carbocycles. The monoisotopic (exact) mass is 171 g/mol. The van der Waals surface area contributed by atoms with Crippen molar-refractivity contribution in [2.75, 3.05) is 0 Å². The average molecular weight is 172 g/mol. The van der Waals surface area contributed by atoms with Crippen molar-refractivity contribution in [2.24, 2.45) is 5.92 Å². The minimum Gasteiger partial charge on any atom is -0.248 e. The van der Waals surface area contributed by atoms with Crippen molar-refractivity contribution in [1.29, 1.82) is 0 Å². The summed E-state index contributed by atoms with van der Waals surface area (Å²) < 4.78 is 1.91. The van der Waals surface area contributed by atoms with Crippen molar-refractivity contribution in [3.63, 3.8) is 0 Å². The zero-order chi connectivity index (χ0) is 7.68. The Labute approximate surface area is 70.3 Å². The van der Waals surface area contributed by atoms with Crippen LogP contribution in [0, 0.1) is 5.92 Å². The molecule has 2 rings (SSSR count). The van der Waals surface area contributed by atoms with Gasteiger partial charge in [0.25, 0.3) is 0 Å². The Kier molecular flexibility index (Phi) is 1.82. The first-order valence-electron chi connectivity index (χ1n) is 3.83. The Morgan fingerprint density at radius 1 is 1.64 bits per heavy atom. The van der Waals surface area contributed by atoms with Gasteiger partial charge in [-0.25, -0.2) is 4.68 Å². The van der Waals surface area contributed by atoms with E-state index in [1.165, 1.54) is 12.8 Å². The van der Waals surface area contributed by atoms with Crippen LogP contribution >= 0.6 is 11.6 Å². The predicted molar refractivity (Wildman–Crippen MR) is 42.3 cm³/mol. The molecule has 0 aliphatic heterocycles. The van der Waals surface area contributed by atoms with E-state index in [1.807, 2.05) is 4.68 Å². The third kappa shape index (κ3) is 1.53. The molecule has 1 saturated carbocycles. The second kappa shape index (κ2) is 2.81. The normalized spacial score (nSPS) is 17.2. The second-order valence-electron chi connectivity index (χ2n) is 2.98. The van der Waals surface area contributed by atoms with Crippen molar-refractivity contribution in [3.8, 4) is 0 Å². The van der Waals surface area contributed by atoms with E-state index < -0.39 is 0 Å². The van der Waals surface area contributed by atoms with Crippen molar-refractivity contribution in [2.45, 2.75) is 25.3 Å². The highest BCUT2D eigenvalue weighted by Crippen LogP contribution is 2.30. The van der Waals surface area contributed by atoms with Gasteiger partial charge in [-0.15, -0.1) is 16.7 Å². The first kappa shape index (κ1) is 7.10. The minimum absolute atomic E-state index is 0.514. The fourth-order valence-corrected chi connectivity index (χ4v) is 1.29. The molecule has 4 heteroatoms. The van der Waals surface area contributed by atoms with Gasteiger partial charge in [0.15, 0.2) is 0 Å². The molecule has 0 aromatic carbocycles. The molecule has 1 fully saturated rings. The second-order valence-corrected chi connectivity index (χ2v) is 3.25. The van der Waals surface area contributed by atoms with E-state index in [9.17, 15) is 0 Å². The molecule has 1 aromatic heterocycles. The number of aromatic nitrogens is 3. The summed E-state index contributed by atoms with van der Waals surface area (Å²) in [4.78, 5) is 0. The standard InChI is InChI=1S/C7H10ClN3/c8-3-7-4-9-10-11(7)5-6-1-2-6/h4,6H,1-3,5H2. The molecule has 0 amide bonds. The summed E-state index contributed by atoms with van der Waals surface area (Å²) in [7, 11) is 0. The Balaban J connectivity index is 2.07. The van der Waals surface area contributed by atoms with Gasteiger partial charge < -0.3 is 0 Å². The largest absolute Gasteiger partial charge is 0.248 e. The van der Waals surface area contributed by atoms with Gasteiger partial charge >= 0.3 is 0 Å². The van der Waals surface area contributed by atoms with E-state index in [-0.39, 0.29) is 0 Å². The summed E-state index contributed by atoms with van der Waals surface area (Å²) in [5.41, 5.74) is 1.03. The van der Waals surface area contributed by atoms with Crippen LogP contribution in [0.4, 0.5) is 0 Å². The Morgan fingerprint density at radius 2 is 2.45 bits per heavy atom. The summed E-state index contributed by atoms with van der Waals surface area (Å²) in [6, 6.07) is 0. The SMILES string of the molecule is ClCc1cnnn1CC1CC1. The Morgan fingerprint density at radius 3 is 3.09 bits per heavy atom. The summed E-state index contributed by atoms with van der Waals surface area (Å²) in [5.74, 6) is 1.35. The van der Waals surface area contributed by atoms with Gasteiger partial charge in [-0.1, -0.05) is 5.21 Å². The third-order valence-corrected chi connectivity index (χ3v) is 2.24. The number of alkyl halides is 1. The maximum absolute atomic E-state index is 5.68. The van der Waals surface area contributed by atoms with Gasteiger partial charge in [0.1, 0.15) is 0 Å². The molecule has 0 unspecified atom stereocenters. The molecule has 1 aromatic rings. The molecular weight excluding hydrogens is 162 g/mol. The van der Waals surface area contributed by atoms with E-state index in [0.717, 1.165) is 18.2 Å². The van der Waals surface area contributed by atoms with Gasteiger partial charge in [-0.3, -0.25) is 0 Å². The average Bonchev–Trinajstić information content (AvgIpc) is 2.68. The summed E-state index contributed by atoms with van der Waals surface area (Å²) in [6.07, 6.45) is 4.40. The first-order chi connectivity index (χ1) is 5.40. The molecule has 1 heterocycles. The number of rotatable bonds is 3. The lowest BCUT2D eigenvalue weighted by atomic mass is 10.4. The maximum atomic E-state index is 5.68. The number of nitrogens with zero attached hydrogens (tertiary/aromatic N) is 3. The van der Waals surface area contributed by atoms with Gasteiger partial charge in [-0.2, -0.15) is 0 Å². The molecule has 1 aliphatic rings. The fourth-order valence-electron chi connectivity index (χ4n) is 1.08. The van der Waals surface area contributed by atoms with E-state index in [1.54, 1.807) is 6.20 Å².